The van der Waals surface area contributed by atoms with E-state index in [1.807, 2.05) is 0 Å². The van der Waals surface area contributed by atoms with Gasteiger partial charge in [0.05, 0.1) is 12.1 Å². The predicted octanol–water partition coefficient (Wildman–Crippen LogP) is 3.12. The Balaban J connectivity index is 0.00000225. The number of halogens is 3. The molecular weight excluding hydrogens is 354 g/mol. The third kappa shape index (κ3) is 4.49. The molecule has 0 radical (unpaired) electrons. The zero-order valence-electron chi connectivity index (χ0n) is 13.4. The lowest BCUT2D eigenvalue weighted by Crippen LogP contribution is -2.41. The van der Waals surface area contributed by atoms with Crippen molar-refractivity contribution in [2.75, 3.05) is 13.1 Å². The van der Waals surface area contributed by atoms with Gasteiger partial charge in [-0.25, -0.2) is 8.78 Å². The molecule has 25 heavy (non-hydrogen) atoms. The number of hydrogen-bond donors (Lipinski definition) is 1. The van der Waals surface area contributed by atoms with Gasteiger partial charge in [-0.05, 0) is 18.2 Å². The van der Waals surface area contributed by atoms with E-state index in [2.05, 4.69) is 0 Å². The SMILES string of the molecule is Cl.NCc1cc(C(=O)N2CCC(Oc3ccc(F)cc3F)CC2)co1. The second-order valence-electron chi connectivity index (χ2n) is 5.69. The highest BCUT2D eigenvalue weighted by atomic mass is 35.5. The van der Waals surface area contributed by atoms with Crippen LogP contribution in [-0.2, 0) is 6.54 Å². The number of ether oxygens (including phenoxy) is 1. The summed E-state index contributed by atoms with van der Waals surface area (Å²) in [6.45, 7) is 1.23. The average molecular weight is 373 g/mol. The van der Waals surface area contributed by atoms with Crippen LogP contribution in [0.15, 0.2) is 34.9 Å². The van der Waals surface area contributed by atoms with Gasteiger partial charge in [-0.15, -0.1) is 12.4 Å². The number of nitrogens with two attached hydrogens (primary N) is 1. The summed E-state index contributed by atoms with van der Waals surface area (Å²) in [5.74, 6) is -0.893. The molecule has 2 N–H and O–H groups in total. The molecule has 0 bridgehead atoms. The molecule has 5 nitrogen and oxygen atoms in total. The molecule has 1 aliphatic heterocycles. The summed E-state index contributed by atoms with van der Waals surface area (Å²) in [5, 5.41) is 0. The third-order valence-corrected chi connectivity index (χ3v) is 4.02. The third-order valence-electron chi connectivity index (χ3n) is 4.02. The van der Waals surface area contributed by atoms with Gasteiger partial charge in [-0.3, -0.25) is 4.79 Å². The first kappa shape index (κ1) is 19.2. The van der Waals surface area contributed by atoms with E-state index < -0.39 is 11.6 Å². The van der Waals surface area contributed by atoms with Crippen molar-refractivity contribution in [1.29, 1.82) is 0 Å². The molecule has 1 aromatic heterocycles. The van der Waals surface area contributed by atoms with Gasteiger partial charge in [-0.2, -0.15) is 0 Å². The first-order valence-corrected chi connectivity index (χ1v) is 7.75. The minimum Gasteiger partial charge on any atom is -0.487 e. The molecule has 1 aliphatic rings. The molecule has 136 valence electrons. The van der Waals surface area contributed by atoms with E-state index in [-0.39, 0.29) is 36.7 Å². The summed E-state index contributed by atoms with van der Waals surface area (Å²) in [4.78, 5) is 14.1. The molecule has 2 heterocycles. The molecule has 1 amide bonds. The van der Waals surface area contributed by atoms with Crippen LogP contribution < -0.4 is 10.5 Å². The summed E-state index contributed by atoms with van der Waals surface area (Å²) in [7, 11) is 0. The van der Waals surface area contributed by atoms with E-state index in [4.69, 9.17) is 14.9 Å². The number of furan rings is 1. The van der Waals surface area contributed by atoms with Crippen LogP contribution in [0.2, 0.25) is 0 Å². The number of amides is 1. The second-order valence-corrected chi connectivity index (χ2v) is 5.69. The Kier molecular flexibility index (Phi) is 6.39. The Morgan fingerprint density at radius 3 is 2.60 bits per heavy atom. The van der Waals surface area contributed by atoms with Crippen LogP contribution in [0.3, 0.4) is 0 Å². The zero-order chi connectivity index (χ0) is 17.1. The molecule has 1 aromatic carbocycles. The van der Waals surface area contributed by atoms with Crippen LogP contribution in [0.4, 0.5) is 8.78 Å². The van der Waals surface area contributed by atoms with Crippen LogP contribution in [0.25, 0.3) is 0 Å². The van der Waals surface area contributed by atoms with Gasteiger partial charge in [0.2, 0.25) is 0 Å². The zero-order valence-corrected chi connectivity index (χ0v) is 14.2. The van der Waals surface area contributed by atoms with Crippen molar-refractivity contribution in [2.24, 2.45) is 5.73 Å². The van der Waals surface area contributed by atoms with Crippen molar-refractivity contribution in [1.82, 2.24) is 4.90 Å². The number of nitrogens with zero attached hydrogens (tertiary/aromatic N) is 1. The number of benzene rings is 1. The summed E-state index contributed by atoms with van der Waals surface area (Å²) >= 11 is 0. The molecule has 8 heteroatoms. The lowest BCUT2D eigenvalue weighted by Gasteiger charge is -2.32. The predicted molar refractivity (Wildman–Crippen MR) is 89.8 cm³/mol. The van der Waals surface area contributed by atoms with Gasteiger partial charge in [0.15, 0.2) is 11.6 Å². The van der Waals surface area contributed by atoms with Crippen molar-refractivity contribution >= 4 is 18.3 Å². The molecule has 0 atom stereocenters. The van der Waals surface area contributed by atoms with Crippen LogP contribution in [-0.4, -0.2) is 30.0 Å². The largest absolute Gasteiger partial charge is 0.487 e. The van der Waals surface area contributed by atoms with E-state index in [9.17, 15) is 13.6 Å². The topological polar surface area (TPSA) is 68.7 Å². The van der Waals surface area contributed by atoms with Gasteiger partial charge < -0.3 is 19.8 Å². The van der Waals surface area contributed by atoms with Crippen LogP contribution in [0, 0.1) is 11.6 Å². The minimum atomic E-state index is -0.721. The van der Waals surface area contributed by atoms with E-state index in [0.29, 0.717) is 37.3 Å². The van der Waals surface area contributed by atoms with Gasteiger partial charge in [0.1, 0.15) is 23.9 Å². The highest BCUT2D eigenvalue weighted by molar-refractivity contribution is 5.94. The number of rotatable bonds is 4. The highest BCUT2D eigenvalue weighted by Gasteiger charge is 2.26. The van der Waals surface area contributed by atoms with Crippen molar-refractivity contribution in [2.45, 2.75) is 25.5 Å². The molecule has 0 saturated carbocycles. The maximum atomic E-state index is 13.6. The minimum absolute atomic E-state index is 0. The summed E-state index contributed by atoms with van der Waals surface area (Å²) in [6, 6.07) is 4.87. The Morgan fingerprint density at radius 1 is 1.28 bits per heavy atom. The fraction of sp³-hybridized carbons (Fsp3) is 0.353. The van der Waals surface area contributed by atoms with Crippen molar-refractivity contribution in [3.63, 3.8) is 0 Å². The molecule has 3 rings (SSSR count). The maximum Gasteiger partial charge on any atom is 0.257 e. The smallest absolute Gasteiger partial charge is 0.257 e. The van der Waals surface area contributed by atoms with Crippen molar-refractivity contribution in [3.05, 3.63) is 53.5 Å². The molecular formula is C17H19ClF2N2O3. The molecule has 2 aromatic rings. The number of carbonyl (C=O) groups is 1. The Bertz CT molecular complexity index is 730. The highest BCUT2D eigenvalue weighted by Crippen LogP contribution is 2.23. The van der Waals surface area contributed by atoms with Gasteiger partial charge in [0.25, 0.3) is 5.91 Å². The fourth-order valence-electron chi connectivity index (χ4n) is 2.71. The Morgan fingerprint density at radius 2 is 2.00 bits per heavy atom. The second kappa shape index (κ2) is 8.31. The monoisotopic (exact) mass is 372 g/mol. The molecule has 1 fully saturated rings. The summed E-state index contributed by atoms with van der Waals surface area (Å²) in [5.41, 5.74) is 5.94. The Hall–Kier alpha value is -2.12. The van der Waals surface area contributed by atoms with Crippen molar-refractivity contribution < 1.29 is 22.7 Å². The standard InChI is InChI=1S/C17H18F2N2O3.ClH/c18-12-1-2-16(15(19)8-12)24-13-3-5-21(6-4-13)17(22)11-7-14(9-20)23-10-11;/h1-2,7-8,10,13H,3-6,9,20H2;1H. The molecule has 0 aliphatic carbocycles. The van der Waals surface area contributed by atoms with E-state index in [1.165, 1.54) is 12.3 Å². The van der Waals surface area contributed by atoms with Gasteiger partial charge in [-0.1, -0.05) is 0 Å². The molecule has 0 unspecified atom stereocenters. The van der Waals surface area contributed by atoms with Crippen molar-refractivity contribution in [3.8, 4) is 5.75 Å². The quantitative estimate of drug-likeness (QED) is 0.895. The lowest BCUT2D eigenvalue weighted by atomic mass is 10.1. The van der Waals surface area contributed by atoms with E-state index >= 15 is 0 Å². The fourth-order valence-corrected chi connectivity index (χ4v) is 2.71. The number of hydrogen-bond acceptors (Lipinski definition) is 4. The van der Waals surface area contributed by atoms with E-state index in [1.54, 1.807) is 11.0 Å². The van der Waals surface area contributed by atoms with Gasteiger partial charge >= 0.3 is 0 Å². The Labute approximate surface area is 150 Å². The summed E-state index contributed by atoms with van der Waals surface area (Å²) < 4.78 is 37.3. The number of piperidine rings is 1. The summed E-state index contributed by atoms with van der Waals surface area (Å²) in [6.07, 6.45) is 2.34. The molecule has 1 saturated heterocycles. The first-order valence-electron chi connectivity index (χ1n) is 7.75. The lowest BCUT2D eigenvalue weighted by molar-refractivity contribution is 0.0587. The van der Waals surface area contributed by atoms with Crippen LogP contribution in [0.5, 0.6) is 5.75 Å². The van der Waals surface area contributed by atoms with Gasteiger partial charge in [0, 0.05) is 32.0 Å². The maximum absolute atomic E-state index is 13.6. The molecule has 0 spiro atoms. The number of likely N-dealkylation sites (tertiary alicyclic amines) is 1. The number of carbonyl (C=O) groups excluding carboxylic acids is 1. The van der Waals surface area contributed by atoms with Crippen LogP contribution in [0.1, 0.15) is 29.0 Å². The first-order chi connectivity index (χ1) is 11.6. The van der Waals surface area contributed by atoms with E-state index in [0.717, 1.165) is 12.1 Å². The average Bonchev–Trinajstić information content (AvgIpc) is 3.06. The van der Waals surface area contributed by atoms with Crippen LogP contribution >= 0.6 is 12.4 Å². The normalized spacial score (nSPS) is 14.9.